The van der Waals surface area contributed by atoms with Crippen LogP contribution >= 0.6 is 0 Å². The summed E-state index contributed by atoms with van der Waals surface area (Å²) in [6.07, 6.45) is 2.12. The molecule has 1 aromatic heterocycles. The molecule has 1 aliphatic rings. The summed E-state index contributed by atoms with van der Waals surface area (Å²) in [5.74, 6) is 1.64. The minimum atomic E-state index is 0.650. The average Bonchev–Trinajstić information content (AvgIpc) is 3.02. The Morgan fingerprint density at radius 2 is 1.68 bits per heavy atom. The maximum Gasteiger partial charge on any atom is 0.161 e. The van der Waals surface area contributed by atoms with E-state index in [0.717, 1.165) is 50.8 Å². The smallest absolute Gasteiger partial charge is 0.161 e. The highest BCUT2D eigenvalue weighted by molar-refractivity contribution is 5.43. The first kappa shape index (κ1) is 17.8. The summed E-state index contributed by atoms with van der Waals surface area (Å²) in [7, 11) is 3.80. The van der Waals surface area contributed by atoms with E-state index in [4.69, 9.17) is 9.47 Å². The molecule has 0 N–H and O–H groups in total. The molecule has 1 aliphatic heterocycles. The molecule has 0 amide bonds. The fraction of sp³-hybridized carbons (Fsp3) is 0.500. The van der Waals surface area contributed by atoms with Gasteiger partial charge < -0.3 is 14.0 Å². The molecular weight excluding hydrogens is 314 g/mol. The first-order valence-electron chi connectivity index (χ1n) is 9.04. The van der Waals surface area contributed by atoms with Crippen LogP contribution in [0.2, 0.25) is 0 Å². The Kier molecular flexibility index (Phi) is 6.00. The van der Waals surface area contributed by atoms with Crippen LogP contribution in [0.15, 0.2) is 36.5 Å². The summed E-state index contributed by atoms with van der Waals surface area (Å²) in [4.78, 5) is 5.05. The lowest BCUT2D eigenvalue weighted by Crippen LogP contribution is -2.45. The monoisotopic (exact) mass is 343 g/mol. The van der Waals surface area contributed by atoms with E-state index in [9.17, 15) is 0 Å². The summed E-state index contributed by atoms with van der Waals surface area (Å²) in [5, 5.41) is 0. The third-order valence-electron chi connectivity index (χ3n) is 4.84. The first-order valence-corrected chi connectivity index (χ1v) is 9.04. The Balaban J connectivity index is 1.53. The zero-order chi connectivity index (χ0) is 17.6. The van der Waals surface area contributed by atoms with Gasteiger partial charge >= 0.3 is 0 Å². The van der Waals surface area contributed by atoms with E-state index in [1.54, 1.807) is 7.11 Å². The SMILES string of the molecule is CCOc1cc(CN2CCN(Cc3cccn3C)CC2)ccc1OC. The molecule has 1 aromatic carbocycles. The van der Waals surface area contributed by atoms with Gasteiger partial charge in [0.05, 0.1) is 13.7 Å². The Bertz CT molecular complexity index is 675. The van der Waals surface area contributed by atoms with Gasteiger partial charge in [-0.1, -0.05) is 6.07 Å². The number of aryl methyl sites for hydroxylation is 1. The predicted molar refractivity (Wildman–Crippen MR) is 100 cm³/mol. The zero-order valence-electron chi connectivity index (χ0n) is 15.6. The zero-order valence-corrected chi connectivity index (χ0v) is 15.6. The summed E-state index contributed by atoms with van der Waals surface area (Å²) >= 11 is 0. The highest BCUT2D eigenvalue weighted by atomic mass is 16.5. The normalized spacial score (nSPS) is 16.1. The second-order valence-corrected chi connectivity index (χ2v) is 6.58. The molecule has 0 unspecified atom stereocenters. The molecule has 0 saturated carbocycles. The van der Waals surface area contributed by atoms with Crippen molar-refractivity contribution in [2.24, 2.45) is 7.05 Å². The topological polar surface area (TPSA) is 29.9 Å². The maximum atomic E-state index is 5.69. The van der Waals surface area contributed by atoms with Crippen LogP contribution in [0.1, 0.15) is 18.2 Å². The van der Waals surface area contributed by atoms with E-state index in [0.29, 0.717) is 6.61 Å². The van der Waals surface area contributed by atoms with Gasteiger partial charge in [-0.2, -0.15) is 0 Å². The van der Waals surface area contributed by atoms with Gasteiger partial charge in [-0.05, 0) is 36.8 Å². The molecule has 1 saturated heterocycles. The molecular formula is C20H29N3O2. The Morgan fingerprint density at radius 3 is 2.28 bits per heavy atom. The van der Waals surface area contributed by atoms with Crippen molar-refractivity contribution < 1.29 is 9.47 Å². The Hall–Kier alpha value is -1.98. The first-order chi connectivity index (χ1) is 12.2. The summed E-state index contributed by atoms with van der Waals surface area (Å²) in [6.45, 7) is 9.06. The van der Waals surface area contributed by atoms with Crippen molar-refractivity contribution in [3.8, 4) is 11.5 Å². The van der Waals surface area contributed by atoms with E-state index in [-0.39, 0.29) is 0 Å². The lowest BCUT2D eigenvalue weighted by Gasteiger charge is -2.34. The number of methoxy groups -OCH3 is 1. The van der Waals surface area contributed by atoms with Crippen LogP contribution in [0.3, 0.4) is 0 Å². The molecule has 136 valence electrons. The van der Waals surface area contributed by atoms with Crippen LogP contribution in [0.4, 0.5) is 0 Å². The third kappa shape index (κ3) is 4.55. The van der Waals surface area contributed by atoms with E-state index in [1.807, 2.05) is 13.0 Å². The predicted octanol–water partition coefficient (Wildman–Crippen LogP) is 2.75. The van der Waals surface area contributed by atoms with Crippen molar-refractivity contribution in [1.29, 1.82) is 0 Å². The molecule has 0 spiro atoms. The Labute approximate surface area is 150 Å². The summed E-state index contributed by atoms with van der Waals surface area (Å²) < 4.78 is 13.3. The number of hydrogen-bond acceptors (Lipinski definition) is 4. The lowest BCUT2D eigenvalue weighted by molar-refractivity contribution is 0.120. The second-order valence-electron chi connectivity index (χ2n) is 6.58. The molecule has 3 rings (SSSR count). The molecule has 0 atom stereocenters. The van der Waals surface area contributed by atoms with Crippen molar-refractivity contribution in [2.45, 2.75) is 20.0 Å². The number of nitrogens with zero attached hydrogens (tertiary/aromatic N) is 3. The van der Waals surface area contributed by atoms with E-state index >= 15 is 0 Å². The van der Waals surface area contributed by atoms with Crippen molar-refractivity contribution in [3.63, 3.8) is 0 Å². The van der Waals surface area contributed by atoms with Gasteiger partial charge in [0, 0.05) is 58.2 Å². The fourth-order valence-electron chi connectivity index (χ4n) is 3.34. The van der Waals surface area contributed by atoms with Crippen LogP contribution in [0.5, 0.6) is 11.5 Å². The van der Waals surface area contributed by atoms with Crippen LogP contribution in [-0.4, -0.2) is 54.3 Å². The summed E-state index contributed by atoms with van der Waals surface area (Å²) in [6, 6.07) is 10.6. The minimum Gasteiger partial charge on any atom is -0.493 e. The number of hydrogen-bond donors (Lipinski definition) is 0. The van der Waals surface area contributed by atoms with Gasteiger partial charge in [-0.3, -0.25) is 9.80 Å². The van der Waals surface area contributed by atoms with Crippen LogP contribution in [0.25, 0.3) is 0 Å². The quantitative estimate of drug-likeness (QED) is 0.773. The highest BCUT2D eigenvalue weighted by Crippen LogP contribution is 2.28. The van der Waals surface area contributed by atoms with Gasteiger partial charge in [-0.15, -0.1) is 0 Å². The van der Waals surface area contributed by atoms with Gasteiger partial charge in [0.15, 0.2) is 11.5 Å². The molecule has 25 heavy (non-hydrogen) atoms. The lowest BCUT2D eigenvalue weighted by atomic mass is 10.1. The average molecular weight is 343 g/mol. The molecule has 0 aliphatic carbocycles. The maximum absolute atomic E-state index is 5.69. The molecule has 2 aromatic rings. The van der Waals surface area contributed by atoms with Crippen molar-refractivity contribution in [3.05, 3.63) is 47.8 Å². The van der Waals surface area contributed by atoms with Crippen LogP contribution in [0, 0.1) is 0 Å². The fourth-order valence-corrected chi connectivity index (χ4v) is 3.34. The van der Waals surface area contributed by atoms with E-state index < -0.39 is 0 Å². The standard InChI is InChI=1S/C20H29N3O2/c1-4-25-20-14-17(7-8-19(20)24-3)15-22-10-12-23(13-11-22)16-18-6-5-9-21(18)2/h5-9,14H,4,10-13,15-16H2,1-3H3. The van der Waals surface area contributed by atoms with Gasteiger partial charge in [0.1, 0.15) is 0 Å². The Morgan fingerprint density at radius 1 is 0.960 bits per heavy atom. The third-order valence-corrected chi connectivity index (χ3v) is 4.84. The van der Waals surface area contributed by atoms with E-state index in [1.165, 1.54) is 11.3 Å². The summed E-state index contributed by atoms with van der Waals surface area (Å²) in [5.41, 5.74) is 2.66. The molecule has 5 heteroatoms. The highest BCUT2D eigenvalue weighted by Gasteiger charge is 2.18. The van der Waals surface area contributed by atoms with Crippen molar-refractivity contribution in [2.75, 3.05) is 39.9 Å². The van der Waals surface area contributed by atoms with Crippen molar-refractivity contribution >= 4 is 0 Å². The van der Waals surface area contributed by atoms with Gasteiger partial charge in [-0.25, -0.2) is 0 Å². The van der Waals surface area contributed by atoms with Crippen LogP contribution in [-0.2, 0) is 20.1 Å². The molecule has 1 fully saturated rings. The molecule has 2 heterocycles. The van der Waals surface area contributed by atoms with Gasteiger partial charge in [0.2, 0.25) is 0 Å². The number of rotatable bonds is 7. The largest absolute Gasteiger partial charge is 0.493 e. The number of ether oxygens (including phenoxy) is 2. The van der Waals surface area contributed by atoms with Gasteiger partial charge in [0.25, 0.3) is 0 Å². The second kappa shape index (κ2) is 8.41. The molecule has 5 nitrogen and oxygen atoms in total. The van der Waals surface area contributed by atoms with Crippen LogP contribution < -0.4 is 9.47 Å². The molecule has 0 radical (unpaired) electrons. The number of aromatic nitrogens is 1. The van der Waals surface area contributed by atoms with Crippen molar-refractivity contribution in [1.82, 2.24) is 14.4 Å². The minimum absolute atomic E-state index is 0.650. The molecule has 0 bridgehead atoms. The van der Waals surface area contributed by atoms with E-state index in [2.05, 4.69) is 51.9 Å². The number of benzene rings is 1. The number of piperazine rings is 1.